The van der Waals surface area contributed by atoms with Gasteiger partial charge in [0.1, 0.15) is 0 Å². The lowest BCUT2D eigenvalue weighted by Gasteiger charge is -1.99. The average molecular weight is 296 g/mol. The van der Waals surface area contributed by atoms with Crippen molar-refractivity contribution in [2.75, 3.05) is 6.61 Å². The molecule has 0 aromatic carbocycles. The third-order valence-corrected chi connectivity index (χ3v) is 3.42. The van der Waals surface area contributed by atoms with Crippen molar-refractivity contribution < 1.29 is 15.0 Å². The number of hydrogen-bond acceptors (Lipinski definition) is 2. The van der Waals surface area contributed by atoms with Gasteiger partial charge in [-0.3, -0.25) is 4.79 Å². The highest BCUT2D eigenvalue weighted by atomic mass is 16.4. The second-order valence-electron chi connectivity index (χ2n) is 5.48. The molecule has 0 aliphatic heterocycles. The number of carbonyl (C=O) groups is 1. The summed E-state index contributed by atoms with van der Waals surface area (Å²) in [5.74, 6) is -0.679. The van der Waals surface area contributed by atoms with Gasteiger partial charge in [-0.05, 0) is 38.5 Å². The summed E-state index contributed by atoms with van der Waals surface area (Å²) in [6, 6.07) is 0. The summed E-state index contributed by atoms with van der Waals surface area (Å²) in [5.41, 5.74) is 0. The second-order valence-corrected chi connectivity index (χ2v) is 5.48. The number of carboxylic acid groups (broad SMARTS) is 1. The number of aliphatic hydroxyl groups is 1. The summed E-state index contributed by atoms with van der Waals surface area (Å²) in [7, 11) is 0. The van der Waals surface area contributed by atoms with Crippen molar-refractivity contribution in [3.63, 3.8) is 0 Å². The Kier molecular flexibility index (Phi) is 16.1. The van der Waals surface area contributed by atoms with E-state index in [9.17, 15) is 4.79 Å². The Bertz CT molecular complexity index is 282. The van der Waals surface area contributed by atoms with Crippen LogP contribution in [0.25, 0.3) is 0 Å². The molecule has 0 aromatic heterocycles. The van der Waals surface area contributed by atoms with Crippen LogP contribution in [-0.2, 0) is 4.79 Å². The molecule has 0 radical (unpaired) electrons. The molecular weight excluding hydrogens is 264 g/mol. The van der Waals surface area contributed by atoms with Gasteiger partial charge in [0.2, 0.25) is 0 Å². The molecule has 0 atom stereocenters. The Hall–Kier alpha value is -1.09. The monoisotopic (exact) mass is 296 g/mol. The van der Waals surface area contributed by atoms with Crippen LogP contribution >= 0.6 is 0 Å². The molecular formula is C18H32O3. The lowest BCUT2D eigenvalue weighted by molar-refractivity contribution is -0.137. The number of unbranched alkanes of at least 4 members (excludes halogenated alkanes) is 9. The van der Waals surface area contributed by atoms with E-state index in [1.54, 1.807) is 0 Å². The van der Waals surface area contributed by atoms with E-state index < -0.39 is 5.97 Å². The molecule has 0 aromatic rings. The molecule has 0 fully saturated rings. The Balaban J connectivity index is 3.18. The largest absolute Gasteiger partial charge is 0.481 e. The van der Waals surface area contributed by atoms with E-state index in [0.717, 1.165) is 51.4 Å². The normalized spacial score (nSPS) is 11.7. The number of aliphatic hydroxyl groups excluding tert-OH is 1. The molecule has 0 aliphatic carbocycles. The Morgan fingerprint density at radius 1 is 0.714 bits per heavy atom. The first-order chi connectivity index (χ1) is 10.3. The van der Waals surface area contributed by atoms with Gasteiger partial charge in [-0.25, -0.2) is 0 Å². The van der Waals surface area contributed by atoms with Gasteiger partial charge in [0, 0.05) is 13.0 Å². The van der Waals surface area contributed by atoms with Crippen LogP contribution in [0.2, 0.25) is 0 Å². The first kappa shape index (κ1) is 19.9. The van der Waals surface area contributed by atoms with Crippen LogP contribution in [0.15, 0.2) is 24.3 Å². The fourth-order valence-corrected chi connectivity index (χ4v) is 2.15. The number of rotatable bonds is 15. The Morgan fingerprint density at radius 2 is 1.19 bits per heavy atom. The van der Waals surface area contributed by atoms with E-state index in [4.69, 9.17) is 10.2 Å². The zero-order valence-corrected chi connectivity index (χ0v) is 13.3. The van der Waals surface area contributed by atoms with E-state index in [1.807, 2.05) is 0 Å². The van der Waals surface area contributed by atoms with Crippen molar-refractivity contribution >= 4 is 5.97 Å². The minimum atomic E-state index is -0.679. The van der Waals surface area contributed by atoms with Crippen LogP contribution in [0.5, 0.6) is 0 Å². The quantitative estimate of drug-likeness (QED) is 0.335. The van der Waals surface area contributed by atoms with Crippen LogP contribution in [0.4, 0.5) is 0 Å². The van der Waals surface area contributed by atoms with Crippen molar-refractivity contribution in [1.29, 1.82) is 0 Å². The number of hydrogen-bond donors (Lipinski definition) is 2. The third-order valence-electron chi connectivity index (χ3n) is 3.42. The highest BCUT2D eigenvalue weighted by Gasteiger charge is 1.95. The minimum absolute atomic E-state index is 0.309. The molecule has 0 unspecified atom stereocenters. The smallest absolute Gasteiger partial charge is 0.303 e. The first-order valence-corrected chi connectivity index (χ1v) is 8.41. The summed E-state index contributed by atoms with van der Waals surface area (Å²) in [6.45, 7) is 0.309. The Morgan fingerprint density at radius 3 is 1.71 bits per heavy atom. The maximum absolute atomic E-state index is 10.3. The van der Waals surface area contributed by atoms with E-state index in [-0.39, 0.29) is 0 Å². The molecule has 2 N–H and O–H groups in total. The van der Waals surface area contributed by atoms with E-state index in [2.05, 4.69) is 24.3 Å². The zero-order valence-electron chi connectivity index (χ0n) is 13.3. The van der Waals surface area contributed by atoms with E-state index >= 15 is 0 Å². The molecule has 0 spiro atoms. The van der Waals surface area contributed by atoms with Crippen LogP contribution in [0.3, 0.4) is 0 Å². The third kappa shape index (κ3) is 18.9. The van der Waals surface area contributed by atoms with Gasteiger partial charge in [0.25, 0.3) is 0 Å². The summed E-state index contributed by atoms with van der Waals surface area (Å²) in [6.07, 6.45) is 21.1. The SMILES string of the molecule is O=C(O)CCCCCCCCC=CC=CCCCCCO. The lowest BCUT2D eigenvalue weighted by Crippen LogP contribution is -1.93. The first-order valence-electron chi connectivity index (χ1n) is 8.41. The second kappa shape index (κ2) is 17.0. The zero-order chi connectivity index (χ0) is 15.6. The molecule has 21 heavy (non-hydrogen) atoms. The fraction of sp³-hybridized carbons (Fsp3) is 0.722. The molecule has 0 aliphatic rings. The van der Waals surface area contributed by atoms with Crippen LogP contribution in [0, 0.1) is 0 Å². The van der Waals surface area contributed by atoms with Gasteiger partial charge in [-0.2, -0.15) is 0 Å². The summed E-state index contributed by atoms with van der Waals surface area (Å²) >= 11 is 0. The van der Waals surface area contributed by atoms with Crippen molar-refractivity contribution in [1.82, 2.24) is 0 Å². The highest BCUT2D eigenvalue weighted by molar-refractivity contribution is 5.66. The van der Waals surface area contributed by atoms with E-state index in [0.29, 0.717) is 13.0 Å². The molecule has 0 saturated carbocycles. The van der Waals surface area contributed by atoms with Gasteiger partial charge in [-0.1, -0.05) is 56.4 Å². The van der Waals surface area contributed by atoms with Gasteiger partial charge >= 0.3 is 5.97 Å². The van der Waals surface area contributed by atoms with Crippen LogP contribution in [0.1, 0.15) is 77.0 Å². The van der Waals surface area contributed by atoms with Crippen molar-refractivity contribution in [2.24, 2.45) is 0 Å². The summed E-state index contributed by atoms with van der Waals surface area (Å²) in [4.78, 5) is 10.3. The molecule has 0 amide bonds. The molecule has 122 valence electrons. The maximum atomic E-state index is 10.3. The van der Waals surface area contributed by atoms with Gasteiger partial charge in [-0.15, -0.1) is 0 Å². The lowest BCUT2D eigenvalue weighted by atomic mass is 10.1. The summed E-state index contributed by atoms with van der Waals surface area (Å²) in [5, 5.41) is 17.1. The van der Waals surface area contributed by atoms with Crippen LogP contribution < -0.4 is 0 Å². The predicted molar refractivity (Wildman–Crippen MR) is 88.4 cm³/mol. The molecule has 0 bridgehead atoms. The van der Waals surface area contributed by atoms with Crippen molar-refractivity contribution in [2.45, 2.75) is 77.0 Å². The number of carboxylic acids is 1. The Labute approximate surface area is 129 Å². The van der Waals surface area contributed by atoms with Gasteiger partial charge in [0.15, 0.2) is 0 Å². The fourth-order valence-electron chi connectivity index (χ4n) is 2.15. The van der Waals surface area contributed by atoms with Crippen molar-refractivity contribution in [3.8, 4) is 0 Å². The molecule has 3 heteroatoms. The topological polar surface area (TPSA) is 57.5 Å². The number of allylic oxidation sites excluding steroid dienone is 4. The molecule has 3 nitrogen and oxygen atoms in total. The highest BCUT2D eigenvalue weighted by Crippen LogP contribution is 2.09. The molecule has 0 heterocycles. The minimum Gasteiger partial charge on any atom is -0.481 e. The maximum Gasteiger partial charge on any atom is 0.303 e. The number of aliphatic carboxylic acids is 1. The van der Waals surface area contributed by atoms with Gasteiger partial charge in [0.05, 0.1) is 0 Å². The summed E-state index contributed by atoms with van der Waals surface area (Å²) < 4.78 is 0. The molecule has 0 rings (SSSR count). The van der Waals surface area contributed by atoms with E-state index in [1.165, 1.54) is 19.3 Å². The van der Waals surface area contributed by atoms with Crippen LogP contribution in [-0.4, -0.2) is 22.8 Å². The standard InChI is InChI=1S/C18H32O3/c19-17-15-13-11-9-7-5-3-1-2-4-6-8-10-12-14-16-18(20)21/h1,3,5,7,19H,2,4,6,8-17H2,(H,20,21). The average Bonchev–Trinajstić information content (AvgIpc) is 2.46. The molecule has 0 saturated heterocycles. The van der Waals surface area contributed by atoms with Crippen molar-refractivity contribution in [3.05, 3.63) is 24.3 Å². The predicted octanol–water partition coefficient (Wildman–Crippen LogP) is 4.86. The van der Waals surface area contributed by atoms with Gasteiger partial charge < -0.3 is 10.2 Å².